The summed E-state index contributed by atoms with van der Waals surface area (Å²) in [6, 6.07) is 3.99. The highest BCUT2D eigenvalue weighted by Crippen LogP contribution is 2.35. The molecule has 3 N–H and O–H groups in total. The molecular formula is C10H9F3N2O. The van der Waals surface area contributed by atoms with E-state index in [1.54, 1.807) is 6.07 Å². The standard InChI is InChI=1S/C10H9F3N2O/c11-10(12,13)8-3-1-2-7-6(5-16-14)4-15-9(7)8/h1-4,15H,5,14H2. The molecule has 0 spiro atoms. The van der Waals surface area contributed by atoms with Crippen LogP contribution in [0.1, 0.15) is 11.1 Å². The van der Waals surface area contributed by atoms with Gasteiger partial charge < -0.3 is 4.98 Å². The lowest BCUT2D eigenvalue weighted by Crippen LogP contribution is -2.05. The van der Waals surface area contributed by atoms with E-state index in [0.29, 0.717) is 10.9 Å². The zero-order valence-electron chi connectivity index (χ0n) is 8.14. The predicted octanol–water partition coefficient (Wildman–Crippen LogP) is 2.58. The average molecular weight is 230 g/mol. The van der Waals surface area contributed by atoms with E-state index in [2.05, 4.69) is 9.82 Å². The SMILES string of the molecule is NOCc1c[nH]c2c(C(F)(F)F)cccc12. The zero-order valence-corrected chi connectivity index (χ0v) is 8.14. The van der Waals surface area contributed by atoms with Crippen molar-refractivity contribution in [1.29, 1.82) is 0 Å². The van der Waals surface area contributed by atoms with Crippen LogP contribution in [-0.2, 0) is 17.6 Å². The van der Waals surface area contributed by atoms with Crippen LogP contribution in [0.25, 0.3) is 10.9 Å². The molecule has 0 aliphatic rings. The van der Waals surface area contributed by atoms with Crippen molar-refractivity contribution < 1.29 is 18.0 Å². The number of alkyl halides is 3. The molecule has 0 aliphatic heterocycles. The van der Waals surface area contributed by atoms with Crippen LogP contribution in [0, 0.1) is 0 Å². The zero-order chi connectivity index (χ0) is 11.8. The Bertz CT molecular complexity index is 504. The summed E-state index contributed by atoms with van der Waals surface area (Å²) in [5, 5.41) is 0.472. The molecule has 0 aliphatic carbocycles. The quantitative estimate of drug-likeness (QED) is 0.779. The van der Waals surface area contributed by atoms with Crippen molar-refractivity contribution in [1.82, 2.24) is 4.98 Å². The Morgan fingerprint density at radius 3 is 2.69 bits per heavy atom. The highest BCUT2D eigenvalue weighted by Gasteiger charge is 2.33. The molecule has 0 bridgehead atoms. The minimum absolute atomic E-state index is 0.0575. The Morgan fingerprint density at radius 1 is 1.31 bits per heavy atom. The first kappa shape index (κ1) is 11.0. The van der Waals surface area contributed by atoms with E-state index < -0.39 is 11.7 Å². The van der Waals surface area contributed by atoms with E-state index in [1.165, 1.54) is 12.3 Å². The monoisotopic (exact) mass is 230 g/mol. The third-order valence-electron chi connectivity index (χ3n) is 2.35. The van der Waals surface area contributed by atoms with E-state index in [0.717, 1.165) is 6.07 Å². The van der Waals surface area contributed by atoms with Gasteiger partial charge in [0, 0.05) is 17.1 Å². The number of hydrogen-bond donors (Lipinski definition) is 2. The highest BCUT2D eigenvalue weighted by atomic mass is 19.4. The molecule has 3 nitrogen and oxygen atoms in total. The summed E-state index contributed by atoms with van der Waals surface area (Å²) in [4.78, 5) is 7.01. The van der Waals surface area contributed by atoms with E-state index >= 15 is 0 Å². The van der Waals surface area contributed by atoms with E-state index in [-0.39, 0.29) is 12.1 Å². The van der Waals surface area contributed by atoms with Crippen LogP contribution >= 0.6 is 0 Å². The minimum atomic E-state index is -4.37. The molecule has 0 radical (unpaired) electrons. The first-order valence-electron chi connectivity index (χ1n) is 4.52. The number of fused-ring (bicyclic) bond motifs is 1. The number of aromatic amines is 1. The molecule has 0 saturated heterocycles. The minimum Gasteiger partial charge on any atom is -0.360 e. The number of benzene rings is 1. The Morgan fingerprint density at radius 2 is 2.06 bits per heavy atom. The smallest absolute Gasteiger partial charge is 0.360 e. The Kier molecular flexibility index (Phi) is 2.61. The fraction of sp³-hybridized carbons (Fsp3) is 0.200. The maximum absolute atomic E-state index is 12.6. The number of hydrogen-bond acceptors (Lipinski definition) is 2. The molecule has 2 aromatic rings. The van der Waals surface area contributed by atoms with Crippen molar-refractivity contribution in [2.24, 2.45) is 5.90 Å². The first-order valence-corrected chi connectivity index (χ1v) is 4.52. The van der Waals surface area contributed by atoms with Gasteiger partial charge in [-0.3, -0.25) is 4.84 Å². The summed E-state index contributed by atoms with van der Waals surface area (Å²) < 4.78 is 37.9. The van der Waals surface area contributed by atoms with Gasteiger partial charge in [0.15, 0.2) is 0 Å². The predicted molar refractivity (Wildman–Crippen MR) is 52.3 cm³/mol. The van der Waals surface area contributed by atoms with Crippen LogP contribution < -0.4 is 5.90 Å². The van der Waals surface area contributed by atoms with Gasteiger partial charge in [-0.15, -0.1) is 0 Å². The highest BCUT2D eigenvalue weighted by molar-refractivity contribution is 5.86. The van der Waals surface area contributed by atoms with Gasteiger partial charge in [-0.05, 0) is 6.07 Å². The third-order valence-corrected chi connectivity index (χ3v) is 2.35. The summed E-state index contributed by atoms with van der Waals surface area (Å²) in [7, 11) is 0. The normalized spacial score (nSPS) is 12.2. The number of H-pyrrole nitrogens is 1. The molecule has 0 fully saturated rings. The molecule has 2 rings (SSSR count). The summed E-state index contributed by atoms with van der Waals surface area (Å²) in [6.45, 7) is 0.0707. The molecule has 6 heteroatoms. The number of aromatic nitrogens is 1. The molecule has 0 atom stereocenters. The van der Waals surface area contributed by atoms with E-state index in [4.69, 9.17) is 5.90 Å². The number of nitrogens with two attached hydrogens (primary N) is 1. The molecule has 0 saturated carbocycles. The Hall–Kier alpha value is -1.53. The third kappa shape index (κ3) is 1.77. The van der Waals surface area contributed by atoms with E-state index in [9.17, 15) is 13.2 Å². The van der Waals surface area contributed by atoms with Gasteiger partial charge in [0.2, 0.25) is 0 Å². The summed E-state index contributed by atoms with van der Waals surface area (Å²) in [6.07, 6.45) is -2.90. The van der Waals surface area contributed by atoms with Crippen LogP contribution in [0.5, 0.6) is 0 Å². The van der Waals surface area contributed by atoms with Gasteiger partial charge in [0.25, 0.3) is 0 Å². The maximum Gasteiger partial charge on any atom is 0.418 e. The van der Waals surface area contributed by atoms with Gasteiger partial charge in [0.05, 0.1) is 17.7 Å². The van der Waals surface area contributed by atoms with Gasteiger partial charge >= 0.3 is 6.18 Å². The van der Waals surface area contributed by atoms with Crippen molar-refractivity contribution in [2.75, 3.05) is 0 Å². The fourth-order valence-electron chi connectivity index (χ4n) is 1.66. The molecule has 0 unspecified atom stereocenters. The lowest BCUT2D eigenvalue weighted by atomic mass is 10.1. The fourth-order valence-corrected chi connectivity index (χ4v) is 1.66. The van der Waals surface area contributed by atoms with Gasteiger partial charge in [-0.25, -0.2) is 5.90 Å². The average Bonchev–Trinajstić information content (AvgIpc) is 2.61. The van der Waals surface area contributed by atoms with Crippen LogP contribution in [0.3, 0.4) is 0 Å². The molecule has 1 heterocycles. The second-order valence-corrected chi connectivity index (χ2v) is 3.35. The lowest BCUT2D eigenvalue weighted by molar-refractivity contribution is -0.136. The van der Waals surface area contributed by atoms with Gasteiger partial charge in [-0.2, -0.15) is 13.2 Å². The first-order chi connectivity index (χ1) is 7.54. The number of halogens is 3. The van der Waals surface area contributed by atoms with Crippen molar-refractivity contribution in [3.63, 3.8) is 0 Å². The molecule has 1 aromatic heterocycles. The molecule has 0 amide bonds. The van der Waals surface area contributed by atoms with E-state index in [1.807, 2.05) is 0 Å². The summed E-state index contributed by atoms with van der Waals surface area (Å²) in [5.74, 6) is 4.90. The van der Waals surface area contributed by atoms with Crippen LogP contribution in [0.4, 0.5) is 13.2 Å². The number of rotatable bonds is 2. The summed E-state index contributed by atoms with van der Waals surface area (Å²) >= 11 is 0. The van der Waals surface area contributed by atoms with Crippen molar-refractivity contribution in [3.8, 4) is 0 Å². The van der Waals surface area contributed by atoms with Crippen LogP contribution in [-0.4, -0.2) is 4.98 Å². The van der Waals surface area contributed by atoms with Crippen LogP contribution in [0.15, 0.2) is 24.4 Å². The number of para-hydroxylation sites is 1. The second kappa shape index (κ2) is 3.80. The molecule has 86 valence electrons. The Balaban J connectivity index is 2.62. The van der Waals surface area contributed by atoms with Crippen LogP contribution in [0.2, 0.25) is 0 Å². The van der Waals surface area contributed by atoms with Crippen molar-refractivity contribution >= 4 is 10.9 Å². The van der Waals surface area contributed by atoms with Crippen molar-refractivity contribution in [2.45, 2.75) is 12.8 Å². The van der Waals surface area contributed by atoms with Gasteiger partial charge in [-0.1, -0.05) is 12.1 Å². The van der Waals surface area contributed by atoms with Gasteiger partial charge in [0.1, 0.15) is 0 Å². The maximum atomic E-state index is 12.6. The topological polar surface area (TPSA) is 51.0 Å². The molecule has 1 aromatic carbocycles. The Labute approximate surface area is 89.0 Å². The molecular weight excluding hydrogens is 221 g/mol. The second-order valence-electron chi connectivity index (χ2n) is 3.35. The van der Waals surface area contributed by atoms with Crippen molar-refractivity contribution in [3.05, 3.63) is 35.5 Å². The largest absolute Gasteiger partial charge is 0.418 e. The lowest BCUT2D eigenvalue weighted by Gasteiger charge is -2.07. The molecule has 16 heavy (non-hydrogen) atoms. The summed E-state index contributed by atoms with van der Waals surface area (Å²) in [5.41, 5.74) is -0.0288. The number of nitrogens with one attached hydrogen (secondary N) is 1.